The molecule has 0 saturated carbocycles. The summed E-state index contributed by atoms with van der Waals surface area (Å²) in [6.07, 6.45) is 7.41. The molecule has 0 radical (unpaired) electrons. The molecule has 0 aromatic heterocycles. The van der Waals surface area contributed by atoms with Gasteiger partial charge in [-0.05, 0) is 61.4 Å². The van der Waals surface area contributed by atoms with Crippen LogP contribution in [0.1, 0.15) is 23.2 Å². The zero-order valence-corrected chi connectivity index (χ0v) is 17.7. The van der Waals surface area contributed by atoms with Crippen LogP contribution in [0.4, 0.5) is 11.4 Å². The summed E-state index contributed by atoms with van der Waals surface area (Å²) in [6, 6.07) is 12.6. The van der Waals surface area contributed by atoms with E-state index in [0.29, 0.717) is 5.69 Å². The first-order valence-electron chi connectivity index (χ1n) is 9.74. The van der Waals surface area contributed by atoms with Crippen LogP contribution >= 0.6 is 0 Å². The topological polar surface area (TPSA) is 105 Å². The van der Waals surface area contributed by atoms with Crippen LogP contribution in [-0.2, 0) is 19.6 Å². The van der Waals surface area contributed by atoms with E-state index in [9.17, 15) is 18.0 Å². The van der Waals surface area contributed by atoms with E-state index >= 15 is 0 Å². The van der Waals surface area contributed by atoms with E-state index in [2.05, 4.69) is 20.9 Å². The number of esters is 1. The van der Waals surface area contributed by atoms with Gasteiger partial charge in [0.25, 0.3) is 5.91 Å². The van der Waals surface area contributed by atoms with E-state index < -0.39 is 28.5 Å². The number of ether oxygens (including phenoxy) is 1. The second-order valence-electron chi connectivity index (χ2n) is 6.92. The monoisotopic (exact) mass is 441 g/mol. The Morgan fingerprint density at radius 2 is 1.68 bits per heavy atom. The maximum atomic E-state index is 12.1. The molecule has 1 aliphatic rings. The molecule has 1 saturated heterocycles. The number of nitrogens with zero attached hydrogens (tertiary/aromatic N) is 1. The lowest BCUT2D eigenvalue weighted by Crippen LogP contribution is -2.24. The Labute approximate surface area is 181 Å². The lowest BCUT2D eigenvalue weighted by molar-refractivity contribution is -0.119. The van der Waals surface area contributed by atoms with Gasteiger partial charge in [0.15, 0.2) is 6.61 Å². The van der Waals surface area contributed by atoms with Crippen molar-refractivity contribution < 1.29 is 22.7 Å². The maximum Gasteiger partial charge on any atom is 0.338 e. The van der Waals surface area contributed by atoms with Gasteiger partial charge in [0.2, 0.25) is 10.0 Å². The predicted octanol–water partition coefficient (Wildman–Crippen LogP) is 1.99. The zero-order valence-electron chi connectivity index (χ0n) is 16.8. The molecular formula is C22H23N3O5S. The molecule has 31 heavy (non-hydrogen) atoms. The maximum absolute atomic E-state index is 12.1. The van der Waals surface area contributed by atoms with E-state index in [1.54, 1.807) is 12.1 Å². The van der Waals surface area contributed by atoms with Gasteiger partial charge >= 0.3 is 5.97 Å². The Balaban J connectivity index is 1.49. The molecule has 0 atom stereocenters. The van der Waals surface area contributed by atoms with Gasteiger partial charge in [-0.25, -0.2) is 13.2 Å². The second-order valence-corrected chi connectivity index (χ2v) is 8.69. The Morgan fingerprint density at radius 1 is 1.03 bits per heavy atom. The van der Waals surface area contributed by atoms with Crippen LogP contribution in [0, 0.1) is 12.3 Å². The number of terminal acetylenes is 1. The normalized spacial score (nSPS) is 13.5. The van der Waals surface area contributed by atoms with Crippen LogP contribution < -0.4 is 14.9 Å². The molecule has 3 rings (SSSR count). The predicted molar refractivity (Wildman–Crippen MR) is 117 cm³/mol. The number of hydrogen-bond acceptors (Lipinski definition) is 6. The van der Waals surface area contributed by atoms with Gasteiger partial charge in [-0.1, -0.05) is 5.92 Å². The molecule has 0 aliphatic carbocycles. The number of sulfonamides is 1. The third-order valence-electron chi connectivity index (χ3n) is 4.72. The van der Waals surface area contributed by atoms with Crippen molar-refractivity contribution in [2.24, 2.45) is 0 Å². The van der Waals surface area contributed by atoms with Crippen LogP contribution in [-0.4, -0.2) is 46.5 Å². The van der Waals surface area contributed by atoms with Gasteiger partial charge in [0.1, 0.15) is 0 Å². The molecule has 2 aromatic rings. The van der Waals surface area contributed by atoms with Crippen molar-refractivity contribution in [1.82, 2.24) is 4.72 Å². The molecule has 0 spiro atoms. The molecule has 2 N–H and O–H groups in total. The van der Waals surface area contributed by atoms with Crippen molar-refractivity contribution >= 4 is 33.3 Å². The van der Waals surface area contributed by atoms with Gasteiger partial charge in [0, 0.05) is 24.5 Å². The molecule has 1 fully saturated rings. The van der Waals surface area contributed by atoms with Crippen molar-refractivity contribution in [3.8, 4) is 12.3 Å². The van der Waals surface area contributed by atoms with E-state index in [0.717, 1.165) is 18.8 Å². The molecule has 162 valence electrons. The van der Waals surface area contributed by atoms with E-state index in [1.165, 1.54) is 37.1 Å². The Morgan fingerprint density at radius 3 is 2.29 bits per heavy atom. The minimum atomic E-state index is -3.75. The molecule has 8 nitrogen and oxygen atoms in total. The minimum absolute atomic E-state index is 0.0329. The third-order valence-corrected chi connectivity index (χ3v) is 6.14. The summed E-state index contributed by atoms with van der Waals surface area (Å²) in [4.78, 5) is 26.5. The standard InChI is InChI=1S/C22H23N3O5S/c1-2-13-23-31(28,29)20-11-5-17(6-12-20)22(27)30-16-21(26)24-18-7-9-19(10-8-18)25-14-3-4-15-25/h1,5-12,23H,3-4,13-16H2,(H,24,26). The van der Waals surface area contributed by atoms with Gasteiger partial charge in [-0.3, -0.25) is 4.79 Å². The average molecular weight is 442 g/mol. The quantitative estimate of drug-likeness (QED) is 0.480. The summed E-state index contributed by atoms with van der Waals surface area (Å²) in [7, 11) is -3.75. The molecule has 1 amide bonds. The number of anilines is 2. The number of benzene rings is 2. The van der Waals surface area contributed by atoms with E-state index in [1.807, 2.05) is 12.1 Å². The summed E-state index contributed by atoms with van der Waals surface area (Å²) in [5.74, 6) is 0.970. The Kier molecular flexibility index (Phi) is 7.28. The van der Waals surface area contributed by atoms with Crippen molar-refractivity contribution in [1.29, 1.82) is 0 Å². The lowest BCUT2D eigenvalue weighted by atomic mass is 10.2. The summed E-state index contributed by atoms with van der Waals surface area (Å²) in [5, 5.41) is 2.68. The van der Waals surface area contributed by atoms with Gasteiger partial charge in [-0.15, -0.1) is 6.42 Å². The summed E-state index contributed by atoms with van der Waals surface area (Å²) in [6.45, 7) is 1.48. The molecule has 0 bridgehead atoms. The number of amides is 1. The number of rotatable bonds is 8. The molecular weight excluding hydrogens is 418 g/mol. The second kappa shape index (κ2) is 10.1. The number of carbonyl (C=O) groups excluding carboxylic acids is 2. The highest BCUT2D eigenvalue weighted by Crippen LogP contribution is 2.22. The van der Waals surface area contributed by atoms with Gasteiger partial charge in [0.05, 0.1) is 17.0 Å². The summed E-state index contributed by atoms with van der Waals surface area (Å²) >= 11 is 0. The highest BCUT2D eigenvalue weighted by molar-refractivity contribution is 7.89. The summed E-state index contributed by atoms with van der Waals surface area (Å²) < 4.78 is 31.2. The van der Waals surface area contributed by atoms with Crippen molar-refractivity contribution in [3.05, 3.63) is 54.1 Å². The van der Waals surface area contributed by atoms with Crippen LogP contribution in [0.3, 0.4) is 0 Å². The van der Waals surface area contributed by atoms with E-state index in [4.69, 9.17) is 11.2 Å². The molecule has 9 heteroatoms. The SMILES string of the molecule is C#CCNS(=O)(=O)c1ccc(C(=O)OCC(=O)Nc2ccc(N3CCCC3)cc2)cc1. The van der Waals surface area contributed by atoms with Crippen LogP contribution in [0.5, 0.6) is 0 Å². The van der Waals surface area contributed by atoms with Gasteiger partial charge < -0.3 is 15.0 Å². The molecule has 0 unspecified atom stereocenters. The Hall–Kier alpha value is -3.35. The smallest absolute Gasteiger partial charge is 0.338 e. The Bertz CT molecular complexity index is 1070. The highest BCUT2D eigenvalue weighted by Gasteiger charge is 2.16. The fraction of sp³-hybridized carbons (Fsp3) is 0.273. The zero-order chi connectivity index (χ0) is 22.3. The summed E-state index contributed by atoms with van der Waals surface area (Å²) in [5.41, 5.74) is 1.85. The number of hydrogen-bond donors (Lipinski definition) is 2. The first-order chi connectivity index (χ1) is 14.9. The number of nitrogens with one attached hydrogen (secondary N) is 2. The van der Waals surface area contributed by atoms with Crippen molar-refractivity contribution in [2.75, 3.05) is 36.5 Å². The van der Waals surface area contributed by atoms with Gasteiger partial charge in [-0.2, -0.15) is 4.72 Å². The largest absolute Gasteiger partial charge is 0.452 e. The average Bonchev–Trinajstić information content (AvgIpc) is 3.32. The van der Waals surface area contributed by atoms with E-state index in [-0.39, 0.29) is 17.0 Å². The van der Waals surface area contributed by atoms with Crippen LogP contribution in [0.2, 0.25) is 0 Å². The molecule has 1 aliphatic heterocycles. The lowest BCUT2D eigenvalue weighted by Gasteiger charge is -2.17. The highest BCUT2D eigenvalue weighted by atomic mass is 32.2. The first-order valence-corrected chi connectivity index (χ1v) is 11.2. The third kappa shape index (κ3) is 6.07. The molecule has 1 heterocycles. The van der Waals surface area contributed by atoms with Crippen molar-refractivity contribution in [3.63, 3.8) is 0 Å². The fourth-order valence-corrected chi connectivity index (χ4v) is 4.07. The minimum Gasteiger partial charge on any atom is -0.452 e. The number of carbonyl (C=O) groups is 2. The first kappa shape index (κ1) is 22.3. The molecule has 2 aromatic carbocycles. The van der Waals surface area contributed by atoms with Crippen molar-refractivity contribution in [2.45, 2.75) is 17.7 Å². The fourth-order valence-electron chi connectivity index (χ4n) is 3.13. The van der Waals surface area contributed by atoms with Crippen LogP contribution in [0.25, 0.3) is 0 Å². The van der Waals surface area contributed by atoms with Crippen LogP contribution in [0.15, 0.2) is 53.4 Å².